The van der Waals surface area contributed by atoms with Crippen LogP contribution in [0.3, 0.4) is 0 Å². The predicted octanol–water partition coefficient (Wildman–Crippen LogP) is 3.90. The van der Waals surface area contributed by atoms with Gasteiger partial charge < -0.3 is 4.90 Å². The van der Waals surface area contributed by atoms with Crippen LogP contribution in [0.1, 0.15) is 52.9 Å². The second kappa shape index (κ2) is 8.05. The molecule has 2 aliphatic rings. The summed E-state index contributed by atoms with van der Waals surface area (Å²) >= 11 is 0. The maximum atomic E-state index is 13.7. The number of hydrogen-bond donors (Lipinski definition) is 0. The second-order valence-electron chi connectivity index (χ2n) is 8.17. The van der Waals surface area contributed by atoms with Gasteiger partial charge in [0.1, 0.15) is 12.3 Å². The minimum Gasteiger partial charge on any atom is -0.300 e. The zero-order chi connectivity index (χ0) is 16.3. The minimum absolute atomic E-state index is 0.393. The summed E-state index contributed by atoms with van der Waals surface area (Å²) in [5.41, 5.74) is 0. The van der Waals surface area contributed by atoms with Crippen molar-refractivity contribution in [3.05, 3.63) is 0 Å². The van der Waals surface area contributed by atoms with E-state index in [0.29, 0.717) is 49.9 Å². The van der Waals surface area contributed by atoms with Crippen LogP contribution in [-0.4, -0.2) is 60.9 Å². The van der Waals surface area contributed by atoms with E-state index in [4.69, 9.17) is 0 Å². The van der Waals surface area contributed by atoms with Gasteiger partial charge in [-0.25, -0.2) is 8.78 Å². The third kappa shape index (κ3) is 5.16. The molecule has 2 rings (SSSR count). The maximum absolute atomic E-state index is 13.7. The van der Waals surface area contributed by atoms with Crippen LogP contribution in [0.4, 0.5) is 8.78 Å². The number of nitrogens with zero attached hydrogens (tertiary/aromatic N) is 2. The lowest BCUT2D eigenvalue weighted by molar-refractivity contribution is 0.195. The van der Waals surface area contributed by atoms with E-state index in [-0.39, 0.29) is 0 Å². The molecule has 2 nitrogen and oxygen atoms in total. The topological polar surface area (TPSA) is 6.48 Å². The van der Waals surface area contributed by atoms with Crippen molar-refractivity contribution in [1.82, 2.24) is 9.80 Å². The maximum Gasteiger partial charge on any atom is 0.114 e. The molecule has 0 aromatic heterocycles. The molecule has 0 saturated carbocycles. The summed E-state index contributed by atoms with van der Waals surface area (Å²) < 4.78 is 27.2. The summed E-state index contributed by atoms with van der Waals surface area (Å²) in [6, 6.07) is 0.815. The van der Waals surface area contributed by atoms with Crippen LogP contribution < -0.4 is 0 Å². The van der Waals surface area contributed by atoms with Gasteiger partial charge in [-0.1, -0.05) is 20.8 Å². The average molecular weight is 316 g/mol. The molecule has 0 radical (unpaired) electrons. The molecule has 0 amide bonds. The monoisotopic (exact) mass is 316 g/mol. The van der Waals surface area contributed by atoms with Crippen LogP contribution in [-0.2, 0) is 0 Å². The molecule has 22 heavy (non-hydrogen) atoms. The summed E-state index contributed by atoms with van der Waals surface area (Å²) in [4.78, 5) is 4.52. The molecule has 5 atom stereocenters. The smallest absolute Gasteiger partial charge is 0.114 e. The van der Waals surface area contributed by atoms with Crippen LogP contribution in [0.25, 0.3) is 0 Å². The van der Waals surface area contributed by atoms with Gasteiger partial charge in [-0.05, 0) is 57.5 Å². The first kappa shape index (κ1) is 18.1. The van der Waals surface area contributed by atoms with E-state index in [0.717, 1.165) is 25.8 Å². The SMILES string of the molecule is CC(C)CC1CC(F)CN1CCC(C)C[C@H]1C[C@@H](F)CN1C. The highest BCUT2D eigenvalue weighted by Crippen LogP contribution is 2.28. The van der Waals surface area contributed by atoms with Gasteiger partial charge in [-0.3, -0.25) is 4.90 Å². The normalized spacial score (nSPS) is 35.6. The van der Waals surface area contributed by atoms with Gasteiger partial charge in [0.15, 0.2) is 0 Å². The summed E-state index contributed by atoms with van der Waals surface area (Å²) in [6.45, 7) is 8.89. The van der Waals surface area contributed by atoms with Gasteiger partial charge in [-0.2, -0.15) is 0 Å². The highest BCUT2D eigenvalue weighted by Gasteiger charge is 2.33. The zero-order valence-corrected chi connectivity index (χ0v) is 14.8. The molecule has 4 heteroatoms. The Morgan fingerprint density at radius 1 is 0.955 bits per heavy atom. The van der Waals surface area contributed by atoms with Gasteiger partial charge >= 0.3 is 0 Å². The molecule has 0 N–H and O–H groups in total. The van der Waals surface area contributed by atoms with E-state index >= 15 is 0 Å². The molecular formula is C18H34F2N2. The summed E-state index contributed by atoms with van der Waals surface area (Å²) in [5, 5.41) is 0. The second-order valence-corrected chi connectivity index (χ2v) is 8.17. The first-order valence-electron chi connectivity index (χ1n) is 9.07. The Morgan fingerprint density at radius 3 is 2.18 bits per heavy atom. The Hall–Kier alpha value is -0.220. The van der Waals surface area contributed by atoms with Gasteiger partial charge in [0.25, 0.3) is 0 Å². The molecule has 0 aromatic carbocycles. The minimum atomic E-state index is -0.650. The average Bonchev–Trinajstić information content (AvgIpc) is 2.89. The van der Waals surface area contributed by atoms with Crippen LogP contribution in [0.2, 0.25) is 0 Å². The lowest BCUT2D eigenvalue weighted by Crippen LogP contribution is -2.33. The van der Waals surface area contributed by atoms with Crippen molar-refractivity contribution in [3.8, 4) is 0 Å². The lowest BCUT2D eigenvalue weighted by atomic mass is 9.96. The Labute approximate surface area is 135 Å². The van der Waals surface area contributed by atoms with E-state index in [1.165, 1.54) is 0 Å². The van der Waals surface area contributed by atoms with Crippen LogP contribution >= 0.6 is 0 Å². The number of rotatable bonds is 7. The molecule has 2 aliphatic heterocycles. The third-order valence-corrected chi connectivity index (χ3v) is 5.44. The van der Waals surface area contributed by atoms with E-state index in [9.17, 15) is 8.78 Å². The van der Waals surface area contributed by atoms with Crippen LogP contribution in [0.5, 0.6) is 0 Å². The van der Waals surface area contributed by atoms with Gasteiger partial charge in [-0.15, -0.1) is 0 Å². The molecule has 2 saturated heterocycles. The van der Waals surface area contributed by atoms with Crippen LogP contribution in [0.15, 0.2) is 0 Å². The largest absolute Gasteiger partial charge is 0.300 e. The molecule has 0 spiro atoms. The lowest BCUT2D eigenvalue weighted by Gasteiger charge is -2.28. The van der Waals surface area contributed by atoms with Crippen molar-refractivity contribution in [2.45, 2.75) is 77.3 Å². The van der Waals surface area contributed by atoms with Crippen molar-refractivity contribution < 1.29 is 8.78 Å². The van der Waals surface area contributed by atoms with Crippen molar-refractivity contribution in [2.24, 2.45) is 11.8 Å². The highest BCUT2D eigenvalue weighted by atomic mass is 19.1. The molecular weight excluding hydrogens is 282 g/mol. The van der Waals surface area contributed by atoms with E-state index < -0.39 is 12.3 Å². The van der Waals surface area contributed by atoms with Crippen molar-refractivity contribution in [3.63, 3.8) is 0 Å². The predicted molar refractivity (Wildman–Crippen MR) is 88.7 cm³/mol. The standard InChI is InChI=1S/C18H34F2N2/c1-13(2)7-18-10-16(20)12-22(18)6-5-14(3)8-17-9-15(19)11-21(17)4/h13-18H,5-12H2,1-4H3/t14?,15-,16?,17+,18?/m1/s1. The molecule has 0 bridgehead atoms. The van der Waals surface area contributed by atoms with Crippen molar-refractivity contribution in [1.29, 1.82) is 0 Å². The molecule has 2 heterocycles. The Kier molecular flexibility index (Phi) is 6.63. The van der Waals surface area contributed by atoms with Gasteiger partial charge in [0.2, 0.25) is 0 Å². The number of alkyl halides is 2. The van der Waals surface area contributed by atoms with Crippen molar-refractivity contribution >= 4 is 0 Å². The molecule has 130 valence electrons. The number of likely N-dealkylation sites (tertiary alicyclic amines) is 2. The Bertz CT molecular complexity index is 337. The first-order valence-corrected chi connectivity index (χ1v) is 9.07. The zero-order valence-electron chi connectivity index (χ0n) is 14.8. The summed E-state index contributed by atoms with van der Waals surface area (Å²) in [5.74, 6) is 1.21. The fraction of sp³-hybridized carbons (Fsp3) is 1.00. The molecule has 0 aliphatic carbocycles. The molecule has 3 unspecified atom stereocenters. The van der Waals surface area contributed by atoms with E-state index in [2.05, 4.69) is 30.6 Å². The quantitative estimate of drug-likeness (QED) is 0.703. The summed E-state index contributed by atoms with van der Waals surface area (Å²) in [6.07, 6.45) is 3.37. The fourth-order valence-electron chi connectivity index (χ4n) is 4.24. The van der Waals surface area contributed by atoms with Gasteiger partial charge in [0.05, 0.1) is 0 Å². The van der Waals surface area contributed by atoms with E-state index in [1.807, 2.05) is 7.05 Å². The molecule has 2 fully saturated rings. The number of halogens is 2. The summed E-state index contributed by atoms with van der Waals surface area (Å²) in [7, 11) is 2.03. The highest BCUT2D eigenvalue weighted by molar-refractivity contribution is 4.87. The number of hydrogen-bond acceptors (Lipinski definition) is 2. The Morgan fingerprint density at radius 2 is 1.59 bits per heavy atom. The Balaban J connectivity index is 1.74. The van der Waals surface area contributed by atoms with Crippen molar-refractivity contribution in [2.75, 3.05) is 26.7 Å². The fourth-order valence-corrected chi connectivity index (χ4v) is 4.24. The van der Waals surface area contributed by atoms with Crippen LogP contribution in [0, 0.1) is 11.8 Å². The van der Waals surface area contributed by atoms with Gasteiger partial charge in [0, 0.05) is 25.2 Å². The van der Waals surface area contributed by atoms with E-state index in [1.54, 1.807) is 0 Å². The third-order valence-electron chi connectivity index (χ3n) is 5.44. The molecule has 0 aromatic rings. The first-order chi connectivity index (χ1) is 10.3.